The Kier molecular flexibility index (Phi) is 2.22. The van der Waals surface area contributed by atoms with E-state index < -0.39 is 0 Å². The van der Waals surface area contributed by atoms with Crippen LogP contribution in [0, 0.1) is 0 Å². The Balaban J connectivity index is 2.27. The van der Waals surface area contributed by atoms with Crippen LogP contribution in [0.25, 0.3) is 5.57 Å². The molecular weight excluding hydrogens is 156 g/mol. The molecule has 0 aromatic heterocycles. The molecule has 1 saturated carbocycles. The van der Waals surface area contributed by atoms with E-state index in [-0.39, 0.29) is 0 Å². The maximum Gasteiger partial charge on any atom is -0.0228 e. The molecule has 1 aliphatic carbocycles. The minimum atomic E-state index is 1.13. The fourth-order valence-electron chi connectivity index (χ4n) is 1.63. The Morgan fingerprint density at radius 3 is 2.23 bits per heavy atom. The quantitative estimate of drug-likeness (QED) is 0.636. The first-order valence-electron chi connectivity index (χ1n) is 5.09. The molecule has 13 heavy (non-hydrogen) atoms. The highest BCUT2D eigenvalue weighted by Gasteiger charge is 2.15. The fraction of sp³-hybridized carbons (Fsp3) is 0.385. The molecule has 1 aromatic carbocycles. The lowest BCUT2D eigenvalue weighted by Crippen LogP contribution is -1.82. The Labute approximate surface area is 80.3 Å². The van der Waals surface area contributed by atoms with Gasteiger partial charge < -0.3 is 0 Å². The summed E-state index contributed by atoms with van der Waals surface area (Å²) in [6.07, 6.45) is 3.78. The second-order valence-corrected chi connectivity index (χ2v) is 3.78. The topological polar surface area (TPSA) is 0 Å². The maximum atomic E-state index is 2.25. The summed E-state index contributed by atoms with van der Waals surface area (Å²) in [6.45, 7) is 4.44. The van der Waals surface area contributed by atoms with Crippen LogP contribution in [-0.4, -0.2) is 0 Å². The van der Waals surface area contributed by atoms with Gasteiger partial charge >= 0.3 is 0 Å². The molecule has 0 unspecified atom stereocenters. The fourth-order valence-corrected chi connectivity index (χ4v) is 1.63. The van der Waals surface area contributed by atoms with Crippen molar-refractivity contribution in [2.45, 2.75) is 33.1 Å². The van der Waals surface area contributed by atoms with Crippen molar-refractivity contribution >= 4 is 5.57 Å². The first-order chi connectivity index (χ1) is 6.31. The van der Waals surface area contributed by atoms with E-state index in [4.69, 9.17) is 0 Å². The molecule has 0 heteroatoms. The van der Waals surface area contributed by atoms with Crippen LogP contribution in [0.1, 0.15) is 37.8 Å². The summed E-state index contributed by atoms with van der Waals surface area (Å²) in [5, 5.41) is 0. The number of allylic oxidation sites excluding steroid dienone is 2. The molecule has 1 fully saturated rings. The minimum Gasteiger partial charge on any atom is -0.0661 e. The lowest BCUT2D eigenvalue weighted by molar-refractivity contribution is 1.14. The molecule has 0 aliphatic heterocycles. The Bertz CT molecular complexity index is 322. The maximum absolute atomic E-state index is 2.25. The zero-order chi connectivity index (χ0) is 9.26. The van der Waals surface area contributed by atoms with Crippen LogP contribution in [0.2, 0.25) is 0 Å². The highest BCUT2D eigenvalue weighted by Crippen LogP contribution is 2.35. The van der Waals surface area contributed by atoms with E-state index in [1.807, 2.05) is 0 Å². The van der Waals surface area contributed by atoms with Gasteiger partial charge in [0.2, 0.25) is 0 Å². The van der Waals surface area contributed by atoms with Crippen molar-refractivity contribution in [2.75, 3.05) is 0 Å². The highest BCUT2D eigenvalue weighted by molar-refractivity contribution is 5.69. The van der Waals surface area contributed by atoms with E-state index in [1.165, 1.54) is 29.5 Å². The van der Waals surface area contributed by atoms with E-state index in [0.717, 1.165) is 6.42 Å². The molecule has 0 bridgehead atoms. The van der Waals surface area contributed by atoms with Crippen LogP contribution < -0.4 is 0 Å². The molecular formula is C13H16. The summed E-state index contributed by atoms with van der Waals surface area (Å²) in [6, 6.07) is 8.97. The van der Waals surface area contributed by atoms with Crippen LogP contribution in [0.4, 0.5) is 0 Å². The Morgan fingerprint density at radius 2 is 1.77 bits per heavy atom. The van der Waals surface area contributed by atoms with Gasteiger partial charge in [0.15, 0.2) is 0 Å². The third kappa shape index (κ3) is 1.82. The van der Waals surface area contributed by atoms with Gasteiger partial charge in [-0.2, -0.15) is 0 Å². The van der Waals surface area contributed by atoms with E-state index in [0.29, 0.717) is 0 Å². The molecule has 0 spiro atoms. The number of benzene rings is 1. The number of rotatable bonds is 2. The summed E-state index contributed by atoms with van der Waals surface area (Å²) in [7, 11) is 0. The van der Waals surface area contributed by atoms with Crippen LogP contribution in [0.3, 0.4) is 0 Å². The standard InChI is InChI=1S/C13H16/c1-3-11-4-6-12(7-5-11)10(2)13-8-9-13/h4-7H,3,8-9H2,1-2H3. The normalized spacial score (nSPS) is 14.5. The van der Waals surface area contributed by atoms with E-state index in [1.54, 1.807) is 5.57 Å². The Hall–Kier alpha value is -1.04. The van der Waals surface area contributed by atoms with Gasteiger partial charge in [0.1, 0.15) is 0 Å². The van der Waals surface area contributed by atoms with Gasteiger partial charge in [-0.1, -0.05) is 36.8 Å². The summed E-state index contributed by atoms with van der Waals surface area (Å²) in [4.78, 5) is 0. The lowest BCUT2D eigenvalue weighted by Gasteiger charge is -2.02. The molecule has 68 valence electrons. The van der Waals surface area contributed by atoms with Gasteiger partial charge in [0.25, 0.3) is 0 Å². The van der Waals surface area contributed by atoms with Gasteiger partial charge in [-0.25, -0.2) is 0 Å². The third-order valence-electron chi connectivity index (χ3n) is 2.83. The molecule has 0 N–H and O–H groups in total. The highest BCUT2D eigenvalue weighted by atomic mass is 14.2. The van der Waals surface area contributed by atoms with E-state index >= 15 is 0 Å². The molecule has 0 amide bonds. The van der Waals surface area contributed by atoms with Crippen molar-refractivity contribution in [3.8, 4) is 0 Å². The number of hydrogen-bond acceptors (Lipinski definition) is 0. The summed E-state index contributed by atoms with van der Waals surface area (Å²) in [5.41, 5.74) is 5.98. The average Bonchev–Trinajstić information content (AvgIpc) is 3.00. The number of aryl methyl sites for hydroxylation is 1. The van der Waals surface area contributed by atoms with Crippen molar-refractivity contribution in [2.24, 2.45) is 0 Å². The van der Waals surface area contributed by atoms with Crippen LogP contribution in [-0.2, 0) is 6.42 Å². The summed E-state index contributed by atoms with van der Waals surface area (Å²) in [5.74, 6) is 0. The SMILES string of the molecule is CCc1ccc(C(C)=C2CC2)cc1. The van der Waals surface area contributed by atoms with Crippen LogP contribution in [0.5, 0.6) is 0 Å². The minimum absolute atomic E-state index is 1.13. The van der Waals surface area contributed by atoms with Crippen molar-refractivity contribution in [1.29, 1.82) is 0 Å². The van der Waals surface area contributed by atoms with Crippen molar-refractivity contribution in [3.63, 3.8) is 0 Å². The molecule has 0 nitrogen and oxygen atoms in total. The molecule has 0 saturated heterocycles. The summed E-state index contributed by atoms with van der Waals surface area (Å²) < 4.78 is 0. The zero-order valence-electron chi connectivity index (χ0n) is 8.43. The Morgan fingerprint density at radius 1 is 1.15 bits per heavy atom. The zero-order valence-corrected chi connectivity index (χ0v) is 8.43. The second-order valence-electron chi connectivity index (χ2n) is 3.78. The van der Waals surface area contributed by atoms with Gasteiger partial charge in [-0.3, -0.25) is 0 Å². The third-order valence-corrected chi connectivity index (χ3v) is 2.83. The van der Waals surface area contributed by atoms with E-state index in [2.05, 4.69) is 38.1 Å². The lowest BCUT2D eigenvalue weighted by atomic mass is 10.0. The van der Waals surface area contributed by atoms with Crippen LogP contribution >= 0.6 is 0 Å². The molecule has 1 aliphatic rings. The smallest absolute Gasteiger partial charge is 0.0228 e. The first-order valence-corrected chi connectivity index (χ1v) is 5.09. The van der Waals surface area contributed by atoms with Gasteiger partial charge in [0.05, 0.1) is 0 Å². The van der Waals surface area contributed by atoms with Gasteiger partial charge in [-0.05, 0) is 42.9 Å². The molecule has 1 aromatic rings. The molecule has 0 radical (unpaired) electrons. The van der Waals surface area contributed by atoms with Gasteiger partial charge in [0, 0.05) is 0 Å². The van der Waals surface area contributed by atoms with Crippen molar-refractivity contribution in [3.05, 3.63) is 41.0 Å². The average molecular weight is 172 g/mol. The van der Waals surface area contributed by atoms with Crippen LogP contribution in [0.15, 0.2) is 29.8 Å². The first kappa shape index (κ1) is 8.55. The van der Waals surface area contributed by atoms with Gasteiger partial charge in [-0.15, -0.1) is 0 Å². The van der Waals surface area contributed by atoms with Crippen molar-refractivity contribution < 1.29 is 0 Å². The molecule has 0 atom stereocenters. The monoisotopic (exact) mass is 172 g/mol. The second kappa shape index (κ2) is 3.37. The predicted octanol–water partition coefficient (Wildman–Crippen LogP) is 3.82. The molecule has 0 heterocycles. The number of hydrogen-bond donors (Lipinski definition) is 0. The molecule has 2 rings (SSSR count). The summed E-state index contributed by atoms with van der Waals surface area (Å²) >= 11 is 0. The predicted molar refractivity (Wildman–Crippen MR) is 57.6 cm³/mol. The van der Waals surface area contributed by atoms with Crippen molar-refractivity contribution in [1.82, 2.24) is 0 Å². The largest absolute Gasteiger partial charge is 0.0661 e. The van der Waals surface area contributed by atoms with E-state index in [9.17, 15) is 0 Å².